The summed E-state index contributed by atoms with van der Waals surface area (Å²) >= 11 is 0. The second-order valence-corrected chi connectivity index (χ2v) is 5.12. The van der Waals surface area contributed by atoms with Gasteiger partial charge in [0.25, 0.3) is 5.91 Å². The van der Waals surface area contributed by atoms with Crippen molar-refractivity contribution < 1.29 is 9.53 Å². The van der Waals surface area contributed by atoms with Crippen LogP contribution in [0.4, 0.5) is 0 Å². The summed E-state index contributed by atoms with van der Waals surface area (Å²) in [6, 6.07) is 1.84. The molecule has 2 rings (SSSR count). The van der Waals surface area contributed by atoms with Gasteiger partial charge in [-0.2, -0.15) is 0 Å². The molecule has 1 aromatic rings. The number of hydrogen-bond donors (Lipinski definition) is 2. The number of pyridine rings is 1. The number of carbonyl (C=O) groups is 1. The van der Waals surface area contributed by atoms with Gasteiger partial charge in [0, 0.05) is 5.69 Å². The maximum absolute atomic E-state index is 11.5. The van der Waals surface area contributed by atoms with E-state index in [0.717, 1.165) is 30.8 Å². The third-order valence-corrected chi connectivity index (χ3v) is 3.49. The Hall–Kier alpha value is -1.62. The Morgan fingerprint density at radius 3 is 3.00 bits per heavy atom. The topological polar surface area (TPSA) is 77.2 Å². The number of aryl methyl sites for hydroxylation is 2. The summed E-state index contributed by atoms with van der Waals surface area (Å²) in [5, 5.41) is 3.32. The van der Waals surface area contributed by atoms with Gasteiger partial charge in [-0.05, 0) is 57.3 Å². The van der Waals surface area contributed by atoms with E-state index in [1.807, 2.05) is 19.9 Å². The Labute approximate surface area is 113 Å². The van der Waals surface area contributed by atoms with Crippen molar-refractivity contribution in [3.05, 3.63) is 22.9 Å². The zero-order chi connectivity index (χ0) is 13.8. The van der Waals surface area contributed by atoms with Gasteiger partial charge >= 0.3 is 0 Å². The summed E-state index contributed by atoms with van der Waals surface area (Å²) in [6.45, 7) is 6.43. The number of ether oxygens (including phenoxy) is 1. The van der Waals surface area contributed by atoms with Crippen LogP contribution in [0.3, 0.4) is 0 Å². The quantitative estimate of drug-likeness (QED) is 0.836. The molecule has 19 heavy (non-hydrogen) atoms. The standard InChI is InChI=1S/C14H21N3O2/c1-9-7-10(2)17-14(12(9)13(15)18)19-6-4-11-3-5-16-8-11/h7,11,16H,3-6,8H2,1-2H3,(H2,15,18). The average molecular weight is 263 g/mol. The van der Waals surface area contributed by atoms with E-state index in [2.05, 4.69) is 10.3 Å². The smallest absolute Gasteiger partial charge is 0.254 e. The minimum absolute atomic E-state index is 0.371. The number of primary amides is 1. The molecule has 1 amide bonds. The predicted octanol–water partition coefficient (Wildman–Crippen LogP) is 1.18. The molecule has 0 bridgehead atoms. The molecule has 1 saturated heterocycles. The lowest BCUT2D eigenvalue weighted by molar-refractivity contribution is 0.0994. The van der Waals surface area contributed by atoms with Gasteiger partial charge in [-0.15, -0.1) is 0 Å². The number of amides is 1. The lowest BCUT2D eigenvalue weighted by Gasteiger charge is -2.13. The van der Waals surface area contributed by atoms with Crippen molar-refractivity contribution in [1.29, 1.82) is 0 Å². The number of carbonyl (C=O) groups excluding carboxylic acids is 1. The summed E-state index contributed by atoms with van der Waals surface area (Å²) < 4.78 is 5.68. The van der Waals surface area contributed by atoms with Crippen LogP contribution in [0.2, 0.25) is 0 Å². The van der Waals surface area contributed by atoms with E-state index in [0.29, 0.717) is 24.0 Å². The molecule has 0 spiro atoms. The molecule has 5 nitrogen and oxygen atoms in total. The summed E-state index contributed by atoms with van der Waals surface area (Å²) in [5.41, 5.74) is 7.44. The second-order valence-electron chi connectivity index (χ2n) is 5.12. The summed E-state index contributed by atoms with van der Waals surface area (Å²) in [4.78, 5) is 15.7. The van der Waals surface area contributed by atoms with Crippen molar-refractivity contribution in [2.24, 2.45) is 11.7 Å². The van der Waals surface area contributed by atoms with E-state index in [1.54, 1.807) is 0 Å². The third-order valence-electron chi connectivity index (χ3n) is 3.49. The van der Waals surface area contributed by atoms with Crippen molar-refractivity contribution in [1.82, 2.24) is 10.3 Å². The van der Waals surface area contributed by atoms with Gasteiger partial charge in [-0.1, -0.05) is 0 Å². The van der Waals surface area contributed by atoms with Gasteiger partial charge < -0.3 is 15.8 Å². The molecule has 5 heteroatoms. The number of rotatable bonds is 5. The second kappa shape index (κ2) is 6.02. The molecule has 0 saturated carbocycles. The SMILES string of the molecule is Cc1cc(C)c(C(N)=O)c(OCCC2CCNC2)n1. The number of nitrogens with zero attached hydrogens (tertiary/aromatic N) is 1. The lowest BCUT2D eigenvalue weighted by Crippen LogP contribution is -2.17. The fourth-order valence-electron chi connectivity index (χ4n) is 2.49. The third kappa shape index (κ3) is 3.44. The van der Waals surface area contributed by atoms with Gasteiger partial charge in [-0.25, -0.2) is 4.98 Å². The van der Waals surface area contributed by atoms with Crippen LogP contribution in [-0.2, 0) is 0 Å². The Balaban J connectivity index is 2.03. The van der Waals surface area contributed by atoms with Crippen molar-refractivity contribution in [2.75, 3.05) is 19.7 Å². The van der Waals surface area contributed by atoms with Crippen molar-refractivity contribution in [2.45, 2.75) is 26.7 Å². The van der Waals surface area contributed by atoms with Crippen molar-refractivity contribution in [3.8, 4) is 5.88 Å². The number of hydrogen-bond acceptors (Lipinski definition) is 4. The molecule has 0 aliphatic carbocycles. The Morgan fingerprint density at radius 2 is 2.37 bits per heavy atom. The Morgan fingerprint density at radius 1 is 1.58 bits per heavy atom. The van der Waals surface area contributed by atoms with Crippen molar-refractivity contribution >= 4 is 5.91 Å². The number of nitrogens with one attached hydrogen (secondary N) is 1. The normalized spacial score (nSPS) is 18.5. The summed E-state index contributed by atoms with van der Waals surface area (Å²) in [5.74, 6) is 0.543. The first kappa shape index (κ1) is 13.8. The molecular formula is C14H21N3O2. The first-order chi connectivity index (χ1) is 9.08. The first-order valence-electron chi connectivity index (χ1n) is 6.69. The van der Waals surface area contributed by atoms with Gasteiger partial charge in [0.15, 0.2) is 0 Å². The minimum Gasteiger partial charge on any atom is -0.477 e. The molecule has 3 N–H and O–H groups in total. The number of aromatic nitrogens is 1. The molecule has 1 unspecified atom stereocenters. The average Bonchev–Trinajstić information content (AvgIpc) is 2.80. The van der Waals surface area contributed by atoms with E-state index < -0.39 is 5.91 Å². The fourth-order valence-corrected chi connectivity index (χ4v) is 2.49. The molecule has 1 aliphatic heterocycles. The van der Waals surface area contributed by atoms with Crippen LogP contribution in [0.1, 0.15) is 34.5 Å². The Bertz CT molecular complexity index is 468. The van der Waals surface area contributed by atoms with Crippen LogP contribution < -0.4 is 15.8 Å². The molecule has 0 radical (unpaired) electrons. The van der Waals surface area contributed by atoms with Crippen LogP contribution in [0.5, 0.6) is 5.88 Å². The van der Waals surface area contributed by atoms with Gasteiger partial charge in [0.1, 0.15) is 5.56 Å². The maximum Gasteiger partial charge on any atom is 0.254 e. The largest absolute Gasteiger partial charge is 0.477 e. The highest BCUT2D eigenvalue weighted by Gasteiger charge is 2.17. The lowest BCUT2D eigenvalue weighted by atomic mass is 10.1. The fraction of sp³-hybridized carbons (Fsp3) is 0.571. The molecule has 2 heterocycles. The number of nitrogens with two attached hydrogens (primary N) is 1. The van der Waals surface area contributed by atoms with E-state index in [9.17, 15) is 4.79 Å². The monoisotopic (exact) mass is 263 g/mol. The van der Waals surface area contributed by atoms with E-state index in [1.165, 1.54) is 6.42 Å². The van der Waals surface area contributed by atoms with E-state index in [4.69, 9.17) is 10.5 Å². The van der Waals surface area contributed by atoms with Crippen LogP contribution in [-0.4, -0.2) is 30.6 Å². The molecule has 1 fully saturated rings. The molecular weight excluding hydrogens is 242 g/mol. The van der Waals surface area contributed by atoms with E-state index >= 15 is 0 Å². The van der Waals surface area contributed by atoms with Gasteiger partial charge in [0.05, 0.1) is 6.61 Å². The molecule has 1 aliphatic rings. The van der Waals surface area contributed by atoms with Crippen LogP contribution in [0.15, 0.2) is 6.07 Å². The molecule has 0 aromatic carbocycles. The van der Waals surface area contributed by atoms with Crippen molar-refractivity contribution in [3.63, 3.8) is 0 Å². The van der Waals surface area contributed by atoms with Crippen LogP contribution in [0, 0.1) is 19.8 Å². The van der Waals surface area contributed by atoms with E-state index in [-0.39, 0.29) is 0 Å². The highest BCUT2D eigenvalue weighted by Crippen LogP contribution is 2.21. The summed E-state index contributed by atoms with van der Waals surface area (Å²) in [6.07, 6.45) is 2.16. The molecule has 104 valence electrons. The van der Waals surface area contributed by atoms with Gasteiger partial charge in [-0.3, -0.25) is 4.79 Å². The highest BCUT2D eigenvalue weighted by molar-refractivity contribution is 5.96. The minimum atomic E-state index is -0.484. The highest BCUT2D eigenvalue weighted by atomic mass is 16.5. The molecule has 1 atom stereocenters. The summed E-state index contributed by atoms with van der Waals surface area (Å²) in [7, 11) is 0. The molecule has 1 aromatic heterocycles. The Kier molecular flexibility index (Phi) is 4.37. The zero-order valence-electron chi connectivity index (χ0n) is 11.5. The predicted molar refractivity (Wildman–Crippen MR) is 73.3 cm³/mol. The first-order valence-corrected chi connectivity index (χ1v) is 6.69. The zero-order valence-corrected chi connectivity index (χ0v) is 11.5. The van der Waals surface area contributed by atoms with Crippen LogP contribution >= 0.6 is 0 Å². The van der Waals surface area contributed by atoms with Crippen LogP contribution in [0.25, 0.3) is 0 Å². The maximum atomic E-state index is 11.5. The van der Waals surface area contributed by atoms with Gasteiger partial charge in [0.2, 0.25) is 5.88 Å².